The van der Waals surface area contributed by atoms with Gasteiger partial charge >= 0.3 is 0 Å². The van der Waals surface area contributed by atoms with Crippen molar-refractivity contribution in [2.75, 3.05) is 11.9 Å². The van der Waals surface area contributed by atoms with E-state index in [0.29, 0.717) is 18.5 Å². The van der Waals surface area contributed by atoms with Crippen LogP contribution in [0.15, 0.2) is 45.8 Å². The van der Waals surface area contributed by atoms with Gasteiger partial charge in [0.25, 0.3) is 5.91 Å². The second-order valence-corrected chi connectivity index (χ2v) is 9.33. The van der Waals surface area contributed by atoms with E-state index in [0.717, 1.165) is 28.2 Å². The Morgan fingerprint density at radius 1 is 1.17 bits per heavy atom. The first-order valence-electron chi connectivity index (χ1n) is 8.82. The van der Waals surface area contributed by atoms with Crippen LogP contribution in [-0.2, 0) is 14.8 Å². The van der Waals surface area contributed by atoms with Crippen LogP contribution in [0.2, 0.25) is 0 Å². The summed E-state index contributed by atoms with van der Waals surface area (Å²) in [5.41, 5.74) is 1.39. The van der Waals surface area contributed by atoms with E-state index < -0.39 is 32.6 Å². The van der Waals surface area contributed by atoms with Gasteiger partial charge in [-0.15, -0.1) is 0 Å². The number of rotatable bonds is 7. The van der Waals surface area contributed by atoms with Gasteiger partial charge in [0.2, 0.25) is 15.9 Å². The van der Waals surface area contributed by atoms with Crippen molar-refractivity contribution < 1.29 is 22.4 Å². The summed E-state index contributed by atoms with van der Waals surface area (Å²) in [5, 5.41) is 5.08. The van der Waals surface area contributed by atoms with Gasteiger partial charge in [0, 0.05) is 21.8 Å². The van der Waals surface area contributed by atoms with Crippen molar-refractivity contribution >= 4 is 43.5 Å². The Balaban J connectivity index is 1.64. The summed E-state index contributed by atoms with van der Waals surface area (Å²) in [4.78, 5) is 23.8. The second-order valence-electron chi connectivity index (χ2n) is 6.73. The molecule has 3 rings (SSSR count). The van der Waals surface area contributed by atoms with Crippen molar-refractivity contribution in [2.24, 2.45) is 0 Å². The number of amides is 2. The molecule has 1 aliphatic rings. The maximum atomic E-state index is 14.0. The molecule has 0 unspecified atom stereocenters. The molecule has 2 amide bonds. The lowest BCUT2D eigenvalue weighted by molar-refractivity contribution is -0.115. The molecular weight excluding hydrogens is 465 g/mol. The van der Waals surface area contributed by atoms with Crippen LogP contribution in [0.25, 0.3) is 0 Å². The SMILES string of the molecule is Cc1cc(Br)ccc1NC(=O)CNC(=O)c1ccc(F)c(S(=O)(=O)NC2CC2)c1. The smallest absolute Gasteiger partial charge is 0.251 e. The van der Waals surface area contributed by atoms with Gasteiger partial charge in [-0.25, -0.2) is 17.5 Å². The molecule has 1 saturated carbocycles. The first kappa shape index (κ1) is 21.4. The molecule has 0 aromatic heterocycles. The van der Waals surface area contributed by atoms with Crippen LogP contribution in [-0.4, -0.2) is 32.8 Å². The molecule has 2 aromatic rings. The van der Waals surface area contributed by atoms with Gasteiger partial charge in [0.15, 0.2) is 0 Å². The molecule has 1 aliphatic carbocycles. The van der Waals surface area contributed by atoms with E-state index in [1.807, 2.05) is 13.0 Å². The predicted molar refractivity (Wildman–Crippen MR) is 110 cm³/mol. The molecule has 0 aliphatic heterocycles. The minimum Gasteiger partial charge on any atom is -0.343 e. The fraction of sp³-hybridized carbons (Fsp3) is 0.263. The van der Waals surface area contributed by atoms with E-state index in [1.165, 1.54) is 0 Å². The summed E-state index contributed by atoms with van der Waals surface area (Å²) in [6.07, 6.45) is 1.40. The van der Waals surface area contributed by atoms with Gasteiger partial charge in [0.1, 0.15) is 10.7 Å². The van der Waals surface area contributed by atoms with Crippen LogP contribution in [0.5, 0.6) is 0 Å². The summed E-state index contributed by atoms with van der Waals surface area (Å²) in [6, 6.07) is 8.19. The number of nitrogens with one attached hydrogen (secondary N) is 3. The zero-order chi connectivity index (χ0) is 21.2. The standard InChI is InChI=1S/C19H19BrFN3O4S/c1-11-8-13(20)3-7-16(11)23-18(25)10-22-19(26)12-2-6-15(21)17(9-12)29(27,28)24-14-4-5-14/h2-3,6-9,14,24H,4-5,10H2,1H3,(H,22,26)(H,23,25). The highest BCUT2D eigenvalue weighted by atomic mass is 79.9. The molecule has 29 heavy (non-hydrogen) atoms. The van der Waals surface area contributed by atoms with E-state index in [-0.39, 0.29) is 18.2 Å². The number of halogens is 2. The fourth-order valence-corrected chi connectivity index (χ4v) is 4.44. The summed E-state index contributed by atoms with van der Waals surface area (Å²) < 4.78 is 41.8. The van der Waals surface area contributed by atoms with Crippen molar-refractivity contribution in [1.29, 1.82) is 0 Å². The molecule has 154 valence electrons. The Bertz CT molecular complexity index is 1070. The van der Waals surface area contributed by atoms with Crippen LogP contribution in [0.1, 0.15) is 28.8 Å². The van der Waals surface area contributed by atoms with Crippen molar-refractivity contribution in [1.82, 2.24) is 10.0 Å². The molecule has 0 radical (unpaired) electrons. The molecule has 0 saturated heterocycles. The molecule has 10 heteroatoms. The molecule has 0 atom stereocenters. The van der Waals surface area contributed by atoms with E-state index in [4.69, 9.17) is 0 Å². The minimum atomic E-state index is -4.05. The number of carbonyl (C=O) groups excluding carboxylic acids is 2. The van der Waals surface area contributed by atoms with Gasteiger partial charge in [-0.05, 0) is 61.7 Å². The third-order valence-corrected chi connectivity index (χ3v) is 6.28. The van der Waals surface area contributed by atoms with Crippen molar-refractivity contribution in [2.45, 2.75) is 30.7 Å². The normalized spacial score (nSPS) is 13.8. The lowest BCUT2D eigenvalue weighted by Crippen LogP contribution is -2.33. The number of hydrogen-bond donors (Lipinski definition) is 3. The number of benzene rings is 2. The Morgan fingerprint density at radius 3 is 2.55 bits per heavy atom. The maximum Gasteiger partial charge on any atom is 0.251 e. The average molecular weight is 484 g/mol. The first-order chi connectivity index (χ1) is 13.7. The van der Waals surface area contributed by atoms with Crippen LogP contribution in [0, 0.1) is 12.7 Å². The molecule has 7 nitrogen and oxygen atoms in total. The largest absolute Gasteiger partial charge is 0.343 e. The molecule has 0 heterocycles. The van der Waals surface area contributed by atoms with E-state index in [1.54, 1.807) is 12.1 Å². The third kappa shape index (κ3) is 5.62. The fourth-order valence-electron chi connectivity index (χ4n) is 2.56. The number of sulfonamides is 1. The summed E-state index contributed by atoms with van der Waals surface area (Å²) in [7, 11) is -4.05. The molecule has 1 fully saturated rings. The van der Waals surface area contributed by atoms with Crippen molar-refractivity contribution in [3.63, 3.8) is 0 Å². The summed E-state index contributed by atoms with van der Waals surface area (Å²) in [5.74, 6) is -2.08. The van der Waals surface area contributed by atoms with Crippen LogP contribution in [0.3, 0.4) is 0 Å². The number of carbonyl (C=O) groups is 2. The Kier molecular flexibility index (Phi) is 6.35. The Morgan fingerprint density at radius 2 is 1.90 bits per heavy atom. The highest BCUT2D eigenvalue weighted by molar-refractivity contribution is 9.10. The van der Waals surface area contributed by atoms with Crippen molar-refractivity contribution in [3.8, 4) is 0 Å². The first-order valence-corrected chi connectivity index (χ1v) is 11.1. The second kappa shape index (κ2) is 8.60. The zero-order valence-electron chi connectivity index (χ0n) is 15.5. The molecule has 0 bridgehead atoms. The number of aryl methyl sites for hydroxylation is 1. The molecule has 3 N–H and O–H groups in total. The van der Waals surface area contributed by atoms with E-state index >= 15 is 0 Å². The molecule has 0 spiro atoms. The van der Waals surface area contributed by atoms with Crippen LogP contribution >= 0.6 is 15.9 Å². The summed E-state index contributed by atoms with van der Waals surface area (Å²) in [6.45, 7) is 1.50. The van der Waals surface area contributed by atoms with Crippen LogP contribution < -0.4 is 15.4 Å². The zero-order valence-corrected chi connectivity index (χ0v) is 17.9. The Labute approximate surface area is 176 Å². The monoisotopic (exact) mass is 483 g/mol. The maximum absolute atomic E-state index is 14.0. The quantitative estimate of drug-likeness (QED) is 0.562. The molecular formula is C19H19BrFN3O4S. The molecule has 2 aromatic carbocycles. The van der Waals surface area contributed by atoms with Gasteiger partial charge < -0.3 is 10.6 Å². The number of anilines is 1. The van der Waals surface area contributed by atoms with Gasteiger partial charge in [-0.3, -0.25) is 9.59 Å². The topological polar surface area (TPSA) is 104 Å². The van der Waals surface area contributed by atoms with E-state index in [9.17, 15) is 22.4 Å². The highest BCUT2D eigenvalue weighted by Crippen LogP contribution is 2.24. The van der Waals surface area contributed by atoms with Gasteiger partial charge in [-0.2, -0.15) is 0 Å². The van der Waals surface area contributed by atoms with Crippen LogP contribution in [0.4, 0.5) is 10.1 Å². The Hall–Kier alpha value is -2.30. The van der Waals surface area contributed by atoms with Gasteiger partial charge in [-0.1, -0.05) is 15.9 Å². The summed E-state index contributed by atoms with van der Waals surface area (Å²) >= 11 is 3.34. The lowest BCUT2D eigenvalue weighted by Gasteiger charge is -2.11. The van der Waals surface area contributed by atoms with Crippen molar-refractivity contribution in [3.05, 3.63) is 57.8 Å². The highest BCUT2D eigenvalue weighted by Gasteiger charge is 2.30. The average Bonchev–Trinajstić information content (AvgIpc) is 3.45. The van der Waals surface area contributed by atoms with E-state index in [2.05, 4.69) is 31.3 Å². The lowest BCUT2D eigenvalue weighted by atomic mass is 10.2. The number of hydrogen-bond acceptors (Lipinski definition) is 4. The predicted octanol–water partition coefficient (Wildman–Crippen LogP) is 2.71. The minimum absolute atomic E-state index is 0.0600. The van der Waals surface area contributed by atoms with Gasteiger partial charge in [0.05, 0.1) is 6.54 Å². The third-order valence-electron chi connectivity index (χ3n) is 4.25.